The lowest BCUT2D eigenvalue weighted by atomic mass is 10.1. The van der Waals surface area contributed by atoms with Crippen LogP contribution in [-0.4, -0.2) is 52.2 Å². The summed E-state index contributed by atoms with van der Waals surface area (Å²) in [6.45, 7) is 20.2. The van der Waals surface area contributed by atoms with Crippen molar-refractivity contribution >= 4 is 0 Å². The average Bonchev–Trinajstić information content (AvgIpc) is 3.10. The van der Waals surface area contributed by atoms with Crippen LogP contribution in [0.15, 0.2) is 23.0 Å². The van der Waals surface area contributed by atoms with E-state index in [-0.39, 0.29) is 0 Å². The summed E-state index contributed by atoms with van der Waals surface area (Å²) in [5.74, 6) is 2.85. The minimum absolute atomic E-state index is 0.485. The average molecular weight is 699 g/mol. The zero-order chi connectivity index (χ0) is 36.2. The van der Waals surface area contributed by atoms with E-state index in [0.29, 0.717) is 51.2 Å². The first kappa shape index (κ1) is 47.6. The summed E-state index contributed by atoms with van der Waals surface area (Å²) in [5, 5.41) is 0. The number of rotatable bonds is 38. The highest BCUT2D eigenvalue weighted by molar-refractivity contribution is 5.09. The molecular formula is C42H82O7. The van der Waals surface area contributed by atoms with Crippen molar-refractivity contribution in [1.82, 2.24) is 0 Å². The normalized spacial score (nSPS) is 13.9. The van der Waals surface area contributed by atoms with Crippen LogP contribution in [0.4, 0.5) is 0 Å². The minimum Gasteiger partial charge on any atom is -0.495 e. The Hall–Kier alpha value is -1.44. The highest BCUT2D eigenvalue weighted by Crippen LogP contribution is 2.28. The Morgan fingerprint density at radius 2 is 0.653 bits per heavy atom. The maximum Gasteiger partial charge on any atom is 0.223 e. The Morgan fingerprint density at radius 3 is 0.980 bits per heavy atom. The largest absolute Gasteiger partial charge is 0.495 e. The Kier molecular flexibility index (Phi) is 35.3. The third-order valence-electron chi connectivity index (χ3n) is 8.51. The van der Waals surface area contributed by atoms with E-state index in [1.807, 2.05) is 27.7 Å². The van der Waals surface area contributed by atoms with Crippen molar-refractivity contribution in [2.75, 3.05) is 39.6 Å². The fourth-order valence-corrected chi connectivity index (χ4v) is 5.79. The number of ether oxygens (including phenoxy) is 7. The summed E-state index contributed by atoms with van der Waals surface area (Å²) < 4.78 is 45.3. The second kappa shape index (κ2) is 36.4. The van der Waals surface area contributed by atoms with Gasteiger partial charge in [-0.1, -0.05) is 130 Å². The van der Waals surface area contributed by atoms with Gasteiger partial charge in [0.05, 0.1) is 39.6 Å². The van der Waals surface area contributed by atoms with Gasteiger partial charge in [-0.3, -0.25) is 0 Å². The molecule has 0 N–H and O–H groups in total. The molecule has 0 heterocycles. The predicted octanol–water partition coefficient (Wildman–Crippen LogP) is 12.9. The van der Waals surface area contributed by atoms with Crippen molar-refractivity contribution in [3.63, 3.8) is 0 Å². The molecular weight excluding hydrogens is 616 g/mol. The first-order valence-electron chi connectivity index (χ1n) is 20.9. The summed E-state index contributed by atoms with van der Waals surface area (Å²) in [6, 6.07) is 0. The molecule has 292 valence electrons. The number of allylic oxidation sites excluding steroid dienone is 2. The lowest BCUT2D eigenvalue weighted by Crippen LogP contribution is -2.34. The lowest BCUT2D eigenvalue weighted by molar-refractivity contribution is -0.242. The second-order valence-electron chi connectivity index (χ2n) is 13.0. The molecule has 7 heteroatoms. The van der Waals surface area contributed by atoms with Gasteiger partial charge in [0.15, 0.2) is 11.5 Å². The molecule has 0 spiro atoms. The monoisotopic (exact) mass is 699 g/mol. The van der Waals surface area contributed by atoms with E-state index in [4.69, 9.17) is 33.2 Å². The first-order chi connectivity index (χ1) is 24.1. The van der Waals surface area contributed by atoms with Crippen LogP contribution in [-0.2, 0) is 33.2 Å². The van der Waals surface area contributed by atoms with Gasteiger partial charge in [0.25, 0.3) is 0 Å². The van der Waals surface area contributed by atoms with E-state index < -0.39 is 12.6 Å². The molecule has 0 radical (unpaired) electrons. The summed E-state index contributed by atoms with van der Waals surface area (Å²) in [7, 11) is 0. The van der Waals surface area contributed by atoms with E-state index in [1.54, 1.807) is 0 Å². The van der Waals surface area contributed by atoms with Crippen LogP contribution in [0.2, 0.25) is 0 Å². The van der Waals surface area contributed by atoms with Crippen LogP contribution in [0, 0.1) is 0 Å². The summed E-state index contributed by atoms with van der Waals surface area (Å²) in [6.07, 6.45) is 23.4. The van der Waals surface area contributed by atoms with Crippen molar-refractivity contribution in [3.05, 3.63) is 23.0 Å². The number of unbranched alkanes of at least 4 members (excludes halogenated alkanes) is 16. The molecule has 0 saturated carbocycles. The third-order valence-corrected chi connectivity index (χ3v) is 8.51. The van der Waals surface area contributed by atoms with E-state index in [2.05, 4.69) is 27.7 Å². The summed E-state index contributed by atoms with van der Waals surface area (Å²) >= 11 is 0. The van der Waals surface area contributed by atoms with Crippen LogP contribution in [0.25, 0.3) is 0 Å². The SMILES string of the molecule is CCCCCCCCCOC(OC(OCCCCCCCCC)C(OCC)=C(CCCCC)OCC)C(OCC)=C(CCCCC)OCC. The molecule has 0 aromatic heterocycles. The van der Waals surface area contributed by atoms with Crippen molar-refractivity contribution < 1.29 is 33.2 Å². The maximum absolute atomic E-state index is 6.90. The Morgan fingerprint density at radius 1 is 0.347 bits per heavy atom. The standard InChI is InChI=1S/C42H82O7/c1-9-17-21-23-25-27-31-35-47-41(39(45-15-7)37(43-13-5)33-29-19-11-3)49-42(48-36-32-28-26-24-22-18-10-2)40(46-16-8)38(44-14-6)34-30-20-12-4/h41-42H,9-36H2,1-8H3. The molecule has 0 amide bonds. The van der Waals surface area contributed by atoms with Crippen molar-refractivity contribution in [2.45, 2.75) is 209 Å². The quantitative estimate of drug-likeness (QED) is 0.0361. The van der Waals surface area contributed by atoms with Crippen molar-refractivity contribution in [2.24, 2.45) is 0 Å². The van der Waals surface area contributed by atoms with E-state index >= 15 is 0 Å². The predicted molar refractivity (Wildman–Crippen MR) is 205 cm³/mol. The third kappa shape index (κ3) is 25.2. The molecule has 0 rings (SSSR count). The highest BCUT2D eigenvalue weighted by Gasteiger charge is 2.32. The Balaban J connectivity index is 6.51. The summed E-state index contributed by atoms with van der Waals surface area (Å²) in [5.41, 5.74) is 0. The fraction of sp³-hybridized carbons (Fsp3) is 0.905. The molecule has 0 aliphatic carbocycles. The molecule has 0 saturated heterocycles. The van der Waals surface area contributed by atoms with E-state index in [0.717, 1.165) is 88.6 Å². The van der Waals surface area contributed by atoms with Crippen LogP contribution in [0.1, 0.15) is 197 Å². The zero-order valence-corrected chi connectivity index (χ0v) is 33.8. The van der Waals surface area contributed by atoms with Gasteiger partial charge in [-0.2, -0.15) is 0 Å². The topological polar surface area (TPSA) is 64.6 Å². The van der Waals surface area contributed by atoms with Gasteiger partial charge in [-0.25, -0.2) is 0 Å². The lowest BCUT2D eigenvalue weighted by Gasteiger charge is -2.30. The molecule has 2 unspecified atom stereocenters. The van der Waals surface area contributed by atoms with Crippen molar-refractivity contribution in [3.8, 4) is 0 Å². The number of hydrogen-bond acceptors (Lipinski definition) is 7. The van der Waals surface area contributed by atoms with Gasteiger partial charge in [0.2, 0.25) is 12.6 Å². The van der Waals surface area contributed by atoms with Gasteiger partial charge in [0, 0.05) is 12.8 Å². The first-order valence-corrected chi connectivity index (χ1v) is 20.9. The molecule has 49 heavy (non-hydrogen) atoms. The second-order valence-corrected chi connectivity index (χ2v) is 13.0. The molecule has 0 fully saturated rings. The van der Waals surface area contributed by atoms with Crippen LogP contribution in [0.5, 0.6) is 0 Å². The summed E-state index contributed by atoms with van der Waals surface area (Å²) in [4.78, 5) is 0. The molecule has 0 aromatic carbocycles. The highest BCUT2D eigenvalue weighted by atomic mass is 16.8. The van der Waals surface area contributed by atoms with Gasteiger partial charge in [-0.15, -0.1) is 0 Å². The fourth-order valence-electron chi connectivity index (χ4n) is 5.79. The molecule has 0 aliphatic rings. The zero-order valence-electron chi connectivity index (χ0n) is 33.8. The van der Waals surface area contributed by atoms with Crippen molar-refractivity contribution in [1.29, 1.82) is 0 Å². The van der Waals surface area contributed by atoms with E-state index in [1.165, 1.54) is 64.2 Å². The minimum atomic E-state index is -0.795. The van der Waals surface area contributed by atoms with Crippen LogP contribution in [0.3, 0.4) is 0 Å². The molecule has 0 aromatic rings. The van der Waals surface area contributed by atoms with Gasteiger partial charge in [0.1, 0.15) is 11.5 Å². The van der Waals surface area contributed by atoms with Gasteiger partial charge >= 0.3 is 0 Å². The van der Waals surface area contributed by atoms with Gasteiger partial charge < -0.3 is 33.2 Å². The Bertz CT molecular complexity index is 704. The van der Waals surface area contributed by atoms with E-state index in [9.17, 15) is 0 Å². The molecule has 0 bridgehead atoms. The van der Waals surface area contributed by atoms with Gasteiger partial charge in [-0.05, 0) is 53.4 Å². The molecule has 7 nitrogen and oxygen atoms in total. The molecule has 0 aliphatic heterocycles. The van der Waals surface area contributed by atoms with Crippen LogP contribution >= 0.6 is 0 Å². The number of hydrogen-bond donors (Lipinski definition) is 0. The Labute approximate surface area is 304 Å². The smallest absolute Gasteiger partial charge is 0.223 e. The maximum atomic E-state index is 6.90. The van der Waals surface area contributed by atoms with Crippen LogP contribution < -0.4 is 0 Å². The molecule has 2 atom stereocenters.